The lowest BCUT2D eigenvalue weighted by atomic mass is 10.2. The van der Waals surface area contributed by atoms with Gasteiger partial charge in [0.05, 0.1) is 10.6 Å². The van der Waals surface area contributed by atoms with Crippen molar-refractivity contribution in [2.75, 3.05) is 12.0 Å². The highest BCUT2D eigenvalue weighted by Crippen LogP contribution is 2.33. The minimum atomic E-state index is -0.155. The molecule has 0 aliphatic carbocycles. The lowest BCUT2D eigenvalue weighted by molar-refractivity contribution is -0.123. The number of carbonyl (C=O) groups excluding carboxylic acids is 2. The SMILES string of the molecule is O=C(CCCN1C(=O)C(=Cc2ccccc2Cl)SC1=S)NNc1ccccc1. The molecule has 0 radical (unpaired) electrons. The number of halogens is 1. The fraction of sp³-hybridized carbons (Fsp3) is 0.150. The van der Waals surface area contributed by atoms with Gasteiger partial charge in [-0.1, -0.05) is 72.0 Å². The summed E-state index contributed by atoms with van der Waals surface area (Å²) in [5, 5.41) is 0.579. The van der Waals surface area contributed by atoms with Gasteiger partial charge in [-0.05, 0) is 36.3 Å². The third-order valence-electron chi connectivity index (χ3n) is 3.97. The Hall–Kier alpha value is -2.35. The van der Waals surface area contributed by atoms with Crippen molar-refractivity contribution < 1.29 is 9.59 Å². The molecule has 1 heterocycles. The van der Waals surface area contributed by atoms with Crippen LogP contribution >= 0.6 is 35.6 Å². The smallest absolute Gasteiger partial charge is 0.266 e. The Bertz CT molecular complexity index is 919. The molecule has 1 fully saturated rings. The first kappa shape index (κ1) is 20.4. The van der Waals surface area contributed by atoms with Gasteiger partial charge in [0.25, 0.3) is 5.91 Å². The molecule has 28 heavy (non-hydrogen) atoms. The summed E-state index contributed by atoms with van der Waals surface area (Å²) in [7, 11) is 0. The molecule has 3 rings (SSSR count). The van der Waals surface area contributed by atoms with Gasteiger partial charge in [-0.3, -0.25) is 25.3 Å². The molecule has 2 N–H and O–H groups in total. The van der Waals surface area contributed by atoms with E-state index in [9.17, 15) is 9.59 Å². The van der Waals surface area contributed by atoms with Crippen molar-refractivity contribution in [3.05, 3.63) is 70.1 Å². The molecular formula is C20H18ClN3O2S2. The second-order valence-corrected chi connectivity index (χ2v) is 8.08. The topological polar surface area (TPSA) is 61.4 Å². The zero-order valence-electron chi connectivity index (χ0n) is 14.9. The lowest BCUT2D eigenvalue weighted by Gasteiger charge is -2.14. The van der Waals surface area contributed by atoms with Crippen LogP contribution in [0.25, 0.3) is 6.08 Å². The quantitative estimate of drug-likeness (QED) is 0.385. The second kappa shape index (κ2) is 9.73. The number of rotatable bonds is 7. The summed E-state index contributed by atoms with van der Waals surface area (Å²) >= 11 is 12.7. The molecule has 0 saturated carbocycles. The van der Waals surface area contributed by atoms with Crippen molar-refractivity contribution in [3.63, 3.8) is 0 Å². The van der Waals surface area contributed by atoms with Crippen molar-refractivity contribution in [2.24, 2.45) is 0 Å². The summed E-state index contributed by atoms with van der Waals surface area (Å²) in [5.41, 5.74) is 7.06. The number of nitrogens with one attached hydrogen (secondary N) is 2. The zero-order chi connectivity index (χ0) is 19.9. The third-order valence-corrected chi connectivity index (χ3v) is 5.69. The summed E-state index contributed by atoms with van der Waals surface area (Å²) in [6.45, 7) is 0.392. The van der Waals surface area contributed by atoms with Crippen LogP contribution < -0.4 is 10.9 Å². The predicted octanol–water partition coefficient (Wildman–Crippen LogP) is 4.46. The van der Waals surface area contributed by atoms with E-state index in [4.69, 9.17) is 23.8 Å². The van der Waals surface area contributed by atoms with Gasteiger partial charge in [-0.15, -0.1) is 0 Å². The molecule has 0 bridgehead atoms. The van der Waals surface area contributed by atoms with Crippen LogP contribution in [0.5, 0.6) is 0 Å². The van der Waals surface area contributed by atoms with Crippen LogP contribution in [0.1, 0.15) is 18.4 Å². The highest BCUT2D eigenvalue weighted by molar-refractivity contribution is 8.26. The van der Waals surface area contributed by atoms with Crippen LogP contribution in [0.15, 0.2) is 59.5 Å². The molecule has 2 amide bonds. The van der Waals surface area contributed by atoms with Gasteiger partial charge in [-0.25, -0.2) is 0 Å². The van der Waals surface area contributed by atoms with E-state index in [2.05, 4.69) is 10.9 Å². The van der Waals surface area contributed by atoms with E-state index in [1.807, 2.05) is 48.5 Å². The predicted molar refractivity (Wildman–Crippen MR) is 119 cm³/mol. The minimum absolute atomic E-state index is 0.152. The van der Waals surface area contributed by atoms with Crippen LogP contribution in [0.2, 0.25) is 5.02 Å². The van der Waals surface area contributed by atoms with Crippen LogP contribution in [-0.2, 0) is 9.59 Å². The van der Waals surface area contributed by atoms with Crippen LogP contribution in [0, 0.1) is 0 Å². The molecule has 0 unspecified atom stereocenters. The third kappa shape index (κ3) is 5.34. The molecule has 1 aliphatic rings. The van der Waals surface area contributed by atoms with E-state index in [1.165, 1.54) is 16.7 Å². The maximum atomic E-state index is 12.6. The van der Waals surface area contributed by atoms with Gasteiger partial charge < -0.3 is 0 Å². The molecule has 1 aliphatic heterocycles. The van der Waals surface area contributed by atoms with E-state index in [0.29, 0.717) is 27.2 Å². The van der Waals surface area contributed by atoms with Crippen LogP contribution in [-0.4, -0.2) is 27.6 Å². The second-order valence-electron chi connectivity index (χ2n) is 6.00. The zero-order valence-corrected chi connectivity index (χ0v) is 17.2. The molecule has 144 valence electrons. The van der Waals surface area contributed by atoms with E-state index in [-0.39, 0.29) is 18.2 Å². The minimum Gasteiger partial charge on any atom is -0.299 e. The van der Waals surface area contributed by atoms with E-state index < -0.39 is 0 Å². The number of benzene rings is 2. The number of anilines is 1. The maximum Gasteiger partial charge on any atom is 0.266 e. The van der Waals surface area contributed by atoms with Gasteiger partial charge in [-0.2, -0.15) is 0 Å². The number of thioether (sulfide) groups is 1. The highest BCUT2D eigenvalue weighted by Gasteiger charge is 2.31. The monoisotopic (exact) mass is 431 g/mol. The number of thiocarbonyl (C=S) groups is 1. The Morgan fingerprint density at radius 2 is 1.86 bits per heavy atom. The highest BCUT2D eigenvalue weighted by atomic mass is 35.5. The molecule has 0 aromatic heterocycles. The first-order valence-corrected chi connectivity index (χ1v) is 10.2. The molecule has 1 saturated heterocycles. The van der Waals surface area contributed by atoms with Gasteiger partial charge in [0.15, 0.2) is 0 Å². The van der Waals surface area contributed by atoms with E-state index >= 15 is 0 Å². The maximum absolute atomic E-state index is 12.6. The molecule has 0 spiro atoms. The van der Waals surface area contributed by atoms with Crippen molar-refractivity contribution in [2.45, 2.75) is 12.8 Å². The summed E-state index contributed by atoms with van der Waals surface area (Å²) in [6, 6.07) is 16.7. The largest absolute Gasteiger partial charge is 0.299 e. The van der Waals surface area contributed by atoms with Gasteiger partial charge in [0.1, 0.15) is 4.32 Å². The molecular weight excluding hydrogens is 414 g/mol. The Morgan fingerprint density at radius 3 is 2.61 bits per heavy atom. The first-order chi connectivity index (χ1) is 13.5. The van der Waals surface area contributed by atoms with Gasteiger partial charge >= 0.3 is 0 Å². The van der Waals surface area contributed by atoms with Gasteiger partial charge in [0, 0.05) is 18.0 Å². The van der Waals surface area contributed by atoms with E-state index in [1.54, 1.807) is 12.1 Å². The Morgan fingerprint density at radius 1 is 1.14 bits per heavy atom. The summed E-state index contributed by atoms with van der Waals surface area (Å²) < 4.78 is 0.492. The summed E-state index contributed by atoms with van der Waals surface area (Å²) in [6.07, 6.45) is 2.53. The average molecular weight is 432 g/mol. The summed E-state index contributed by atoms with van der Waals surface area (Å²) in [4.78, 5) is 26.6. The fourth-order valence-corrected chi connectivity index (χ4v) is 4.04. The molecule has 8 heteroatoms. The first-order valence-electron chi connectivity index (χ1n) is 8.64. The molecule has 2 aromatic carbocycles. The van der Waals surface area contributed by atoms with Crippen molar-refractivity contribution >= 4 is 63.5 Å². The number of nitrogens with zero attached hydrogens (tertiary/aromatic N) is 1. The Balaban J connectivity index is 1.49. The number of amides is 2. The number of hydrogen-bond acceptors (Lipinski definition) is 5. The van der Waals surface area contributed by atoms with Gasteiger partial charge in [0.2, 0.25) is 5.91 Å². The van der Waals surface area contributed by atoms with Crippen LogP contribution in [0.3, 0.4) is 0 Å². The Kier molecular flexibility index (Phi) is 7.08. The molecule has 2 aromatic rings. The Labute approximate surface area is 178 Å². The van der Waals surface area contributed by atoms with Crippen molar-refractivity contribution in [3.8, 4) is 0 Å². The summed E-state index contributed by atoms with van der Waals surface area (Å²) in [5.74, 6) is -0.307. The standard InChI is InChI=1S/C20H18ClN3O2S2/c21-16-10-5-4-7-14(16)13-17-19(26)24(20(27)28-17)12-6-11-18(25)23-22-15-8-2-1-3-9-15/h1-5,7-10,13,22H,6,11-12H2,(H,23,25). The normalized spacial score (nSPS) is 15.2. The number of carbonyl (C=O) groups is 2. The number of para-hydroxylation sites is 1. The van der Waals surface area contributed by atoms with Crippen molar-refractivity contribution in [1.82, 2.24) is 10.3 Å². The lowest BCUT2D eigenvalue weighted by Crippen LogP contribution is -2.32. The van der Waals surface area contributed by atoms with E-state index in [0.717, 1.165) is 11.3 Å². The fourth-order valence-electron chi connectivity index (χ4n) is 2.55. The number of hydrogen-bond donors (Lipinski definition) is 2. The van der Waals surface area contributed by atoms with Crippen molar-refractivity contribution in [1.29, 1.82) is 0 Å². The molecule has 5 nitrogen and oxygen atoms in total. The molecule has 0 atom stereocenters. The van der Waals surface area contributed by atoms with Crippen LogP contribution in [0.4, 0.5) is 5.69 Å². The average Bonchev–Trinajstić information content (AvgIpc) is 2.96. The number of hydrazine groups is 1.